The molecule has 2 aromatic heterocycles. The number of rotatable bonds is 8. The largest absolute Gasteiger partial charge is 0.494 e. The Morgan fingerprint density at radius 2 is 2.11 bits per heavy atom. The van der Waals surface area contributed by atoms with E-state index in [2.05, 4.69) is 15.0 Å². The predicted molar refractivity (Wildman–Crippen MR) is 106 cm³/mol. The zero-order valence-corrected chi connectivity index (χ0v) is 16.9. The van der Waals surface area contributed by atoms with Crippen LogP contribution in [0.4, 0.5) is 5.13 Å². The summed E-state index contributed by atoms with van der Waals surface area (Å²) >= 11 is 1.52. The Labute approximate surface area is 162 Å². The molecule has 0 unspecified atom stereocenters. The van der Waals surface area contributed by atoms with E-state index in [1.54, 1.807) is 18.3 Å². The third-order valence-electron chi connectivity index (χ3n) is 4.19. The molecule has 3 aromatic rings. The number of amides is 1. The maximum Gasteiger partial charge on any atom is 0.250 e. The molecule has 3 rings (SSSR count). The summed E-state index contributed by atoms with van der Waals surface area (Å²) in [5.41, 5.74) is 1.91. The number of thiazole rings is 1. The van der Waals surface area contributed by atoms with E-state index in [4.69, 9.17) is 9.72 Å². The minimum Gasteiger partial charge on any atom is -0.494 e. The van der Waals surface area contributed by atoms with Crippen molar-refractivity contribution in [2.45, 2.75) is 19.9 Å². The number of carbonyl (C=O) groups excluding carboxylic acids is 1. The molecule has 1 aromatic carbocycles. The number of benzene rings is 1. The summed E-state index contributed by atoms with van der Waals surface area (Å²) in [7, 11) is 5.68. The number of fused-ring (bicyclic) bond motifs is 1. The quantitative estimate of drug-likeness (QED) is 0.589. The first-order chi connectivity index (χ1) is 13.0. The number of anilines is 1. The first-order valence-corrected chi connectivity index (χ1v) is 9.53. The van der Waals surface area contributed by atoms with Crippen LogP contribution in [0.2, 0.25) is 0 Å². The van der Waals surface area contributed by atoms with Gasteiger partial charge in [-0.15, -0.1) is 0 Å². The van der Waals surface area contributed by atoms with Crippen molar-refractivity contribution in [1.29, 1.82) is 0 Å². The van der Waals surface area contributed by atoms with Gasteiger partial charge in [-0.3, -0.25) is 9.69 Å². The van der Waals surface area contributed by atoms with Crippen molar-refractivity contribution >= 4 is 32.6 Å². The van der Waals surface area contributed by atoms with Crippen molar-refractivity contribution in [1.82, 2.24) is 24.6 Å². The Bertz CT molecular complexity index is 906. The molecule has 0 aliphatic rings. The molecule has 0 bridgehead atoms. The number of ether oxygens (including phenoxy) is 1. The van der Waals surface area contributed by atoms with E-state index in [0.717, 1.165) is 34.5 Å². The fourth-order valence-corrected chi connectivity index (χ4v) is 3.88. The highest BCUT2D eigenvalue weighted by molar-refractivity contribution is 7.22. The van der Waals surface area contributed by atoms with Crippen LogP contribution in [0.25, 0.3) is 10.2 Å². The highest BCUT2D eigenvalue weighted by atomic mass is 32.1. The van der Waals surface area contributed by atoms with Crippen LogP contribution in [-0.2, 0) is 11.3 Å². The number of hydrogen-bond acceptors (Lipinski definition) is 7. The fraction of sp³-hybridized carbons (Fsp3) is 0.444. The number of methoxy groups -OCH3 is 1. The van der Waals surface area contributed by atoms with Gasteiger partial charge in [0.15, 0.2) is 5.13 Å². The summed E-state index contributed by atoms with van der Waals surface area (Å²) in [4.78, 5) is 25.4. The maximum absolute atomic E-state index is 13.0. The van der Waals surface area contributed by atoms with Crippen LogP contribution in [0, 0.1) is 6.92 Å². The van der Waals surface area contributed by atoms with Gasteiger partial charge in [-0.05, 0) is 45.6 Å². The zero-order valence-electron chi connectivity index (χ0n) is 16.0. The normalized spacial score (nSPS) is 11.3. The summed E-state index contributed by atoms with van der Waals surface area (Å²) < 4.78 is 8.01. The van der Waals surface area contributed by atoms with Gasteiger partial charge in [-0.2, -0.15) is 5.10 Å². The van der Waals surface area contributed by atoms with Gasteiger partial charge in [0, 0.05) is 6.54 Å². The second kappa shape index (κ2) is 8.45. The van der Waals surface area contributed by atoms with E-state index in [0.29, 0.717) is 11.7 Å². The van der Waals surface area contributed by atoms with Crippen LogP contribution in [0.5, 0.6) is 5.75 Å². The Kier molecular flexibility index (Phi) is 6.02. The van der Waals surface area contributed by atoms with Crippen LogP contribution >= 0.6 is 11.3 Å². The average Bonchev–Trinajstić information content (AvgIpc) is 3.29. The molecule has 9 heteroatoms. The van der Waals surface area contributed by atoms with Gasteiger partial charge in [0.2, 0.25) is 0 Å². The van der Waals surface area contributed by atoms with Crippen LogP contribution in [0.3, 0.4) is 0 Å². The highest BCUT2D eigenvalue weighted by Crippen LogP contribution is 2.36. The number of aromatic nitrogens is 4. The molecule has 27 heavy (non-hydrogen) atoms. The molecule has 144 valence electrons. The Morgan fingerprint density at radius 1 is 1.30 bits per heavy atom. The third-order valence-corrected chi connectivity index (χ3v) is 5.41. The minimum absolute atomic E-state index is 0.0602. The maximum atomic E-state index is 13.0. The molecule has 0 N–H and O–H groups in total. The summed E-state index contributed by atoms with van der Waals surface area (Å²) in [5, 5.41) is 4.72. The van der Waals surface area contributed by atoms with E-state index in [9.17, 15) is 4.79 Å². The third kappa shape index (κ3) is 4.42. The van der Waals surface area contributed by atoms with E-state index < -0.39 is 0 Å². The van der Waals surface area contributed by atoms with Crippen molar-refractivity contribution in [2.24, 2.45) is 0 Å². The first kappa shape index (κ1) is 19.2. The highest BCUT2D eigenvalue weighted by Gasteiger charge is 2.22. The molecule has 0 radical (unpaired) electrons. The minimum atomic E-state index is -0.0602. The van der Waals surface area contributed by atoms with Crippen molar-refractivity contribution in [3.8, 4) is 5.75 Å². The van der Waals surface area contributed by atoms with Gasteiger partial charge in [0.05, 0.1) is 11.8 Å². The van der Waals surface area contributed by atoms with Crippen LogP contribution < -0.4 is 9.64 Å². The van der Waals surface area contributed by atoms with Gasteiger partial charge in [0.1, 0.15) is 30.5 Å². The molecule has 2 heterocycles. The van der Waals surface area contributed by atoms with Crippen molar-refractivity contribution < 1.29 is 9.53 Å². The van der Waals surface area contributed by atoms with Crippen LogP contribution in [0.1, 0.15) is 12.0 Å². The molecule has 0 fully saturated rings. The number of nitrogens with zero attached hydrogens (tertiary/aromatic N) is 6. The molecule has 0 spiro atoms. The van der Waals surface area contributed by atoms with E-state index in [-0.39, 0.29) is 12.5 Å². The Morgan fingerprint density at radius 3 is 2.78 bits per heavy atom. The van der Waals surface area contributed by atoms with Gasteiger partial charge in [-0.25, -0.2) is 14.6 Å². The molecule has 1 amide bonds. The predicted octanol–water partition coefficient (Wildman–Crippen LogP) is 2.19. The zero-order chi connectivity index (χ0) is 19.4. The van der Waals surface area contributed by atoms with Gasteiger partial charge < -0.3 is 9.64 Å². The lowest BCUT2D eigenvalue weighted by Crippen LogP contribution is -2.36. The lowest BCUT2D eigenvalue weighted by molar-refractivity contribution is -0.119. The monoisotopic (exact) mass is 388 g/mol. The first-order valence-electron chi connectivity index (χ1n) is 8.71. The molecular formula is C18H24N6O2S. The summed E-state index contributed by atoms with van der Waals surface area (Å²) in [6.07, 6.45) is 3.82. The van der Waals surface area contributed by atoms with Crippen molar-refractivity contribution in [2.75, 3.05) is 39.2 Å². The van der Waals surface area contributed by atoms with Crippen LogP contribution in [0.15, 0.2) is 24.8 Å². The SMILES string of the molecule is COc1ccc(C)c2sc(N(CCCN(C)C)C(=O)Cn3cncn3)nc12. The lowest BCUT2D eigenvalue weighted by Gasteiger charge is -2.20. The molecular weight excluding hydrogens is 364 g/mol. The van der Waals surface area contributed by atoms with Gasteiger partial charge >= 0.3 is 0 Å². The summed E-state index contributed by atoms with van der Waals surface area (Å²) in [6, 6.07) is 3.92. The Balaban J connectivity index is 1.92. The summed E-state index contributed by atoms with van der Waals surface area (Å²) in [5.74, 6) is 0.657. The second-order valence-corrected chi connectivity index (χ2v) is 7.53. The van der Waals surface area contributed by atoms with E-state index >= 15 is 0 Å². The molecule has 0 saturated carbocycles. The average molecular weight is 388 g/mol. The number of carbonyl (C=O) groups is 1. The van der Waals surface area contributed by atoms with Gasteiger partial charge in [0.25, 0.3) is 5.91 Å². The fourth-order valence-electron chi connectivity index (χ4n) is 2.79. The Hall–Kier alpha value is -2.52. The van der Waals surface area contributed by atoms with Crippen molar-refractivity contribution in [3.63, 3.8) is 0 Å². The van der Waals surface area contributed by atoms with E-state index in [1.807, 2.05) is 33.2 Å². The second-order valence-electron chi connectivity index (χ2n) is 6.55. The summed E-state index contributed by atoms with van der Waals surface area (Å²) in [6.45, 7) is 3.65. The standard InChI is InChI=1S/C18H24N6O2S/c1-13-6-7-14(26-4)16-17(13)27-18(21-16)24(9-5-8-22(2)3)15(25)10-23-12-19-11-20-23/h6-7,11-12H,5,8-10H2,1-4H3. The molecule has 8 nitrogen and oxygen atoms in total. The molecule has 0 atom stereocenters. The van der Waals surface area contributed by atoms with Gasteiger partial charge in [-0.1, -0.05) is 17.4 Å². The molecule has 0 aliphatic carbocycles. The topological polar surface area (TPSA) is 76.4 Å². The molecule has 0 saturated heterocycles. The lowest BCUT2D eigenvalue weighted by atomic mass is 10.2. The van der Waals surface area contributed by atoms with E-state index in [1.165, 1.54) is 22.3 Å². The number of aryl methyl sites for hydroxylation is 1. The number of hydrogen-bond donors (Lipinski definition) is 0. The smallest absolute Gasteiger partial charge is 0.250 e. The van der Waals surface area contributed by atoms with Crippen molar-refractivity contribution in [3.05, 3.63) is 30.4 Å². The molecule has 0 aliphatic heterocycles. The van der Waals surface area contributed by atoms with Crippen LogP contribution in [-0.4, -0.2) is 64.9 Å².